The predicted molar refractivity (Wildman–Crippen MR) is 85.7 cm³/mol. The third-order valence-electron chi connectivity index (χ3n) is 3.77. The third-order valence-corrected chi connectivity index (χ3v) is 3.77. The minimum atomic E-state index is -1.01. The molecule has 1 aliphatic rings. The molecule has 0 radical (unpaired) electrons. The minimum absolute atomic E-state index is 0.0771. The summed E-state index contributed by atoms with van der Waals surface area (Å²) in [6.45, 7) is 2.76. The fraction of sp³-hybridized carbons (Fsp3) is 0.294. The molecule has 1 unspecified atom stereocenters. The highest BCUT2D eigenvalue weighted by Gasteiger charge is 2.32. The second-order valence-corrected chi connectivity index (χ2v) is 5.44. The van der Waals surface area contributed by atoms with Gasteiger partial charge in [0, 0.05) is 13.3 Å². The third kappa shape index (κ3) is 2.85. The number of carboxylic acids is 1. The van der Waals surface area contributed by atoms with Gasteiger partial charge in [-0.15, -0.1) is 0 Å². The monoisotopic (exact) mass is 314 g/mol. The van der Waals surface area contributed by atoms with Crippen LogP contribution >= 0.6 is 0 Å². The Hall–Kier alpha value is -2.60. The molecule has 23 heavy (non-hydrogen) atoms. The molecule has 3 rings (SSSR count). The summed E-state index contributed by atoms with van der Waals surface area (Å²) in [5, 5.41) is 9.36. The van der Waals surface area contributed by atoms with Gasteiger partial charge in [0.2, 0.25) is 0 Å². The van der Waals surface area contributed by atoms with E-state index < -0.39 is 5.97 Å². The molecule has 0 fully saturated rings. The van der Waals surface area contributed by atoms with E-state index in [9.17, 15) is 9.90 Å². The largest absolute Gasteiger partial charge is 0.488 e. The average molecular weight is 314 g/mol. The zero-order valence-corrected chi connectivity index (χ0v) is 13.0. The number of aromatic carboxylic acids is 1. The number of methoxy groups -OCH3 is 1. The lowest BCUT2D eigenvalue weighted by atomic mass is 10.1. The number of pyridine rings is 1. The Morgan fingerprint density at radius 2 is 2.26 bits per heavy atom. The Bertz CT molecular complexity index is 715. The summed E-state index contributed by atoms with van der Waals surface area (Å²) in [6, 6.07) is 8.90. The van der Waals surface area contributed by atoms with E-state index in [0.29, 0.717) is 24.7 Å². The van der Waals surface area contributed by atoms with E-state index in [4.69, 9.17) is 9.47 Å². The summed E-state index contributed by atoms with van der Waals surface area (Å²) in [5.41, 5.74) is 1.90. The van der Waals surface area contributed by atoms with Crippen molar-refractivity contribution in [3.63, 3.8) is 0 Å². The summed E-state index contributed by atoms with van der Waals surface area (Å²) in [5.74, 6) is 0.100. The topological polar surface area (TPSA) is 71.9 Å². The molecule has 2 aromatic rings. The number of nitrogens with zero attached hydrogens (tertiary/aromatic N) is 2. The van der Waals surface area contributed by atoms with Crippen LogP contribution in [0.2, 0.25) is 0 Å². The number of fused-ring (bicyclic) bond motifs is 1. The molecule has 1 aromatic heterocycles. The van der Waals surface area contributed by atoms with Crippen molar-refractivity contribution in [2.75, 3.05) is 25.2 Å². The lowest BCUT2D eigenvalue weighted by Gasteiger charge is -2.37. The first-order chi connectivity index (χ1) is 11.1. The van der Waals surface area contributed by atoms with Crippen LogP contribution in [-0.4, -0.2) is 42.4 Å². The van der Waals surface area contributed by atoms with Crippen LogP contribution in [0, 0.1) is 6.92 Å². The molecular formula is C17H18N2O4. The van der Waals surface area contributed by atoms with E-state index in [2.05, 4.69) is 4.98 Å². The van der Waals surface area contributed by atoms with Crippen LogP contribution < -0.4 is 9.64 Å². The summed E-state index contributed by atoms with van der Waals surface area (Å²) in [7, 11) is 1.63. The Morgan fingerprint density at radius 3 is 2.91 bits per heavy atom. The average Bonchev–Trinajstić information content (AvgIpc) is 2.55. The van der Waals surface area contributed by atoms with Gasteiger partial charge in [-0.1, -0.05) is 12.1 Å². The van der Waals surface area contributed by atoms with Crippen molar-refractivity contribution in [3.05, 3.63) is 47.7 Å². The molecular weight excluding hydrogens is 296 g/mol. The van der Waals surface area contributed by atoms with Gasteiger partial charge in [0.15, 0.2) is 5.75 Å². The van der Waals surface area contributed by atoms with Gasteiger partial charge in [-0.2, -0.15) is 0 Å². The maximum atomic E-state index is 11.4. The molecule has 1 aromatic carbocycles. The van der Waals surface area contributed by atoms with Crippen molar-refractivity contribution in [3.8, 4) is 5.75 Å². The minimum Gasteiger partial charge on any atom is -0.488 e. The molecule has 0 aliphatic carbocycles. The molecule has 0 saturated carbocycles. The molecule has 0 amide bonds. The number of hydrogen-bond donors (Lipinski definition) is 1. The van der Waals surface area contributed by atoms with Gasteiger partial charge in [-0.3, -0.25) is 0 Å². The number of ether oxygens (including phenoxy) is 2. The number of rotatable bonds is 4. The summed E-state index contributed by atoms with van der Waals surface area (Å²) >= 11 is 0. The van der Waals surface area contributed by atoms with Crippen molar-refractivity contribution in [1.82, 2.24) is 4.98 Å². The number of para-hydroxylation sites is 1. The molecule has 1 atom stereocenters. The number of hydrogen-bond acceptors (Lipinski definition) is 5. The van der Waals surface area contributed by atoms with Crippen LogP contribution in [0.3, 0.4) is 0 Å². The summed E-state index contributed by atoms with van der Waals surface area (Å²) < 4.78 is 11.0. The van der Waals surface area contributed by atoms with E-state index in [0.717, 1.165) is 11.4 Å². The molecule has 120 valence electrons. The Kier molecular flexibility index (Phi) is 4.16. The molecule has 1 N–H and O–H groups in total. The van der Waals surface area contributed by atoms with Crippen LogP contribution in [0.1, 0.15) is 15.9 Å². The normalized spacial score (nSPS) is 16.6. The first-order valence-electron chi connectivity index (χ1n) is 7.31. The van der Waals surface area contributed by atoms with Gasteiger partial charge in [-0.05, 0) is 30.7 Å². The first kappa shape index (κ1) is 15.3. The second-order valence-electron chi connectivity index (χ2n) is 5.44. The standard InChI is InChI=1S/C17H18N2O4/c1-11-6-7-15(18-8-11)19-12(9-22-2)10-23-16-13(17(20)21)4-3-5-14(16)19/h3-8,12H,9-10H2,1-2H3,(H,20,21). The maximum Gasteiger partial charge on any atom is 0.339 e. The smallest absolute Gasteiger partial charge is 0.339 e. The van der Waals surface area contributed by atoms with E-state index in [1.165, 1.54) is 0 Å². The number of anilines is 2. The molecule has 6 nitrogen and oxygen atoms in total. The number of carboxylic acid groups (broad SMARTS) is 1. The highest BCUT2D eigenvalue weighted by molar-refractivity contribution is 5.94. The number of aromatic nitrogens is 1. The number of carbonyl (C=O) groups is 1. The van der Waals surface area contributed by atoms with E-state index in [-0.39, 0.29) is 11.6 Å². The van der Waals surface area contributed by atoms with Gasteiger partial charge in [-0.25, -0.2) is 9.78 Å². The number of aryl methyl sites for hydroxylation is 1. The second kappa shape index (κ2) is 6.26. The lowest BCUT2D eigenvalue weighted by Crippen LogP contribution is -2.43. The Labute approximate surface area is 134 Å². The van der Waals surface area contributed by atoms with E-state index in [1.807, 2.05) is 30.0 Å². The maximum absolute atomic E-state index is 11.4. The van der Waals surface area contributed by atoms with Crippen molar-refractivity contribution < 1.29 is 19.4 Å². The van der Waals surface area contributed by atoms with Gasteiger partial charge < -0.3 is 19.5 Å². The quantitative estimate of drug-likeness (QED) is 0.935. The summed E-state index contributed by atoms with van der Waals surface area (Å²) in [4.78, 5) is 17.9. The van der Waals surface area contributed by atoms with Crippen LogP contribution in [0.5, 0.6) is 5.75 Å². The fourth-order valence-corrected chi connectivity index (χ4v) is 2.71. The SMILES string of the molecule is COCC1COc2c(C(=O)O)cccc2N1c1ccc(C)cn1. The van der Waals surface area contributed by atoms with Crippen molar-refractivity contribution in [1.29, 1.82) is 0 Å². The molecule has 0 bridgehead atoms. The highest BCUT2D eigenvalue weighted by Crippen LogP contribution is 2.40. The number of benzene rings is 1. The van der Waals surface area contributed by atoms with Crippen LogP contribution in [-0.2, 0) is 4.74 Å². The van der Waals surface area contributed by atoms with Crippen LogP contribution in [0.15, 0.2) is 36.5 Å². The Morgan fingerprint density at radius 1 is 1.43 bits per heavy atom. The van der Waals surface area contributed by atoms with Crippen LogP contribution in [0.25, 0.3) is 0 Å². The van der Waals surface area contributed by atoms with Gasteiger partial charge in [0.05, 0.1) is 18.3 Å². The zero-order chi connectivity index (χ0) is 16.4. The summed E-state index contributed by atoms with van der Waals surface area (Å²) in [6.07, 6.45) is 1.79. The lowest BCUT2D eigenvalue weighted by molar-refractivity contribution is 0.0690. The van der Waals surface area contributed by atoms with Gasteiger partial charge >= 0.3 is 5.97 Å². The molecule has 2 heterocycles. The molecule has 0 spiro atoms. The highest BCUT2D eigenvalue weighted by atomic mass is 16.5. The predicted octanol–water partition coefficient (Wildman–Crippen LogP) is 2.63. The molecule has 0 saturated heterocycles. The molecule has 6 heteroatoms. The van der Waals surface area contributed by atoms with Gasteiger partial charge in [0.1, 0.15) is 18.0 Å². The first-order valence-corrected chi connectivity index (χ1v) is 7.31. The van der Waals surface area contributed by atoms with E-state index in [1.54, 1.807) is 25.4 Å². The molecule has 1 aliphatic heterocycles. The van der Waals surface area contributed by atoms with E-state index >= 15 is 0 Å². The Balaban J connectivity index is 2.12. The van der Waals surface area contributed by atoms with Crippen molar-refractivity contribution >= 4 is 17.5 Å². The van der Waals surface area contributed by atoms with Crippen molar-refractivity contribution in [2.24, 2.45) is 0 Å². The van der Waals surface area contributed by atoms with Crippen LogP contribution in [0.4, 0.5) is 11.5 Å². The zero-order valence-electron chi connectivity index (χ0n) is 13.0. The van der Waals surface area contributed by atoms with Crippen molar-refractivity contribution in [2.45, 2.75) is 13.0 Å². The van der Waals surface area contributed by atoms with Gasteiger partial charge in [0.25, 0.3) is 0 Å². The fourth-order valence-electron chi connectivity index (χ4n) is 2.71.